The summed E-state index contributed by atoms with van der Waals surface area (Å²) in [6, 6.07) is 15.1. The highest BCUT2D eigenvalue weighted by Gasteiger charge is 2.26. The number of nitrogens with one attached hydrogen (secondary N) is 1. The summed E-state index contributed by atoms with van der Waals surface area (Å²) in [4.78, 5) is 29.7. The van der Waals surface area contributed by atoms with Gasteiger partial charge in [-0.25, -0.2) is 14.8 Å². The Morgan fingerprint density at radius 2 is 2.10 bits per heavy atom. The van der Waals surface area contributed by atoms with Crippen molar-refractivity contribution in [2.24, 2.45) is 0 Å². The lowest BCUT2D eigenvalue weighted by molar-refractivity contribution is 0.481. The number of H-pyrrole nitrogens is 1. The maximum absolute atomic E-state index is 12.9. The van der Waals surface area contributed by atoms with Gasteiger partial charge in [-0.1, -0.05) is 6.07 Å². The highest BCUT2D eigenvalue weighted by Crippen LogP contribution is 2.32. The number of aromatic amines is 1. The molecule has 0 fully saturated rings. The van der Waals surface area contributed by atoms with Crippen LogP contribution in [-0.2, 0) is 6.42 Å². The Kier molecular flexibility index (Phi) is 3.77. The van der Waals surface area contributed by atoms with Crippen LogP contribution in [0.2, 0.25) is 0 Å². The number of rotatable bonds is 2. The summed E-state index contributed by atoms with van der Waals surface area (Å²) >= 11 is 0. The molecule has 5 aromatic rings. The zero-order valence-electron chi connectivity index (χ0n) is 16.5. The van der Waals surface area contributed by atoms with Gasteiger partial charge in [-0.3, -0.25) is 14.1 Å². The molecule has 0 unspecified atom stereocenters. The van der Waals surface area contributed by atoms with E-state index in [-0.39, 0.29) is 11.7 Å². The van der Waals surface area contributed by atoms with Crippen LogP contribution in [-0.4, -0.2) is 29.1 Å². The summed E-state index contributed by atoms with van der Waals surface area (Å²) in [5, 5.41) is 9.26. The van der Waals surface area contributed by atoms with E-state index in [1.165, 1.54) is 0 Å². The van der Waals surface area contributed by atoms with Crippen LogP contribution < -0.4 is 5.69 Å². The van der Waals surface area contributed by atoms with Gasteiger partial charge in [-0.2, -0.15) is 5.26 Å². The highest BCUT2D eigenvalue weighted by molar-refractivity contribution is 5.79. The van der Waals surface area contributed by atoms with E-state index in [1.807, 2.05) is 34.9 Å². The highest BCUT2D eigenvalue weighted by atomic mass is 16.1. The SMILES string of the molecule is N#Cc1ccc2ncn(-c3ccc4[nH]c(=O)n([C@@H]5CCCc6ncccc65)c4n3)c2c1. The van der Waals surface area contributed by atoms with Crippen LogP contribution in [0.1, 0.15) is 35.7 Å². The van der Waals surface area contributed by atoms with Gasteiger partial charge in [-0.05, 0) is 61.2 Å². The second kappa shape index (κ2) is 6.64. The summed E-state index contributed by atoms with van der Waals surface area (Å²) in [6.45, 7) is 0. The van der Waals surface area contributed by atoms with Crippen molar-refractivity contribution in [1.29, 1.82) is 5.26 Å². The standard InChI is InChI=1S/C23H17N7O/c24-12-14-6-7-17-20(11-14)29(13-26-17)21-9-8-18-22(28-21)30(23(31)27-18)19-5-1-4-16-15(19)3-2-10-25-16/h2-3,6-11,13,19H,1,4-5H2,(H,27,31)/t19-/m1/s1. The lowest BCUT2D eigenvalue weighted by Gasteiger charge is -2.25. The van der Waals surface area contributed by atoms with E-state index in [4.69, 9.17) is 4.98 Å². The Hall–Kier alpha value is -4.25. The maximum Gasteiger partial charge on any atom is 0.328 e. The van der Waals surface area contributed by atoms with Gasteiger partial charge in [0, 0.05) is 11.9 Å². The molecule has 150 valence electrons. The van der Waals surface area contributed by atoms with Crippen LogP contribution in [0.25, 0.3) is 28.0 Å². The number of hydrogen-bond acceptors (Lipinski definition) is 5. The van der Waals surface area contributed by atoms with Crippen LogP contribution in [0, 0.1) is 11.3 Å². The number of aromatic nitrogens is 6. The van der Waals surface area contributed by atoms with Crippen LogP contribution in [0.15, 0.2) is 59.8 Å². The van der Waals surface area contributed by atoms with E-state index in [1.54, 1.807) is 29.2 Å². The first kappa shape index (κ1) is 17.6. The molecule has 0 bridgehead atoms. The van der Waals surface area contributed by atoms with Gasteiger partial charge < -0.3 is 4.98 Å². The second-order valence-electron chi connectivity index (χ2n) is 7.72. The molecule has 8 nitrogen and oxygen atoms in total. The first-order chi connectivity index (χ1) is 15.2. The average Bonchev–Trinajstić information content (AvgIpc) is 3.37. The van der Waals surface area contributed by atoms with Crippen molar-refractivity contribution in [2.75, 3.05) is 0 Å². The van der Waals surface area contributed by atoms with E-state index < -0.39 is 0 Å². The number of pyridine rings is 2. The van der Waals surface area contributed by atoms with Crippen molar-refractivity contribution in [1.82, 2.24) is 29.1 Å². The molecule has 1 aliphatic carbocycles. The Morgan fingerprint density at radius 3 is 3.00 bits per heavy atom. The monoisotopic (exact) mass is 407 g/mol. The first-order valence-electron chi connectivity index (χ1n) is 10.2. The predicted molar refractivity (Wildman–Crippen MR) is 115 cm³/mol. The van der Waals surface area contributed by atoms with Gasteiger partial charge in [-0.15, -0.1) is 0 Å². The predicted octanol–water partition coefficient (Wildman–Crippen LogP) is 3.26. The lowest BCUT2D eigenvalue weighted by atomic mass is 9.91. The number of fused-ring (bicyclic) bond motifs is 3. The summed E-state index contributed by atoms with van der Waals surface area (Å²) in [5.41, 5.74) is 5.36. The molecule has 31 heavy (non-hydrogen) atoms. The molecule has 0 saturated carbocycles. The minimum absolute atomic E-state index is 0.105. The quantitative estimate of drug-likeness (QED) is 0.484. The largest absolute Gasteiger partial charge is 0.328 e. The summed E-state index contributed by atoms with van der Waals surface area (Å²) < 4.78 is 3.59. The molecular formula is C23H17N7O. The van der Waals surface area contributed by atoms with Crippen molar-refractivity contribution in [2.45, 2.75) is 25.3 Å². The molecule has 0 amide bonds. The minimum atomic E-state index is -0.177. The number of aryl methyl sites for hydroxylation is 1. The van der Waals surface area contributed by atoms with Crippen molar-refractivity contribution in [3.05, 3.63) is 82.3 Å². The minimum Gasteiger partial charge on any atom is -0.304 e. The number of hydrogen-bond donors (Lipinski definition) is 1. The van der Waals surface area contributed by atoms with Crippen LogP contribution in [0.4, 0.5) is 0 Å². The number of nitrogens with zero attached hydrogens (tertiary/aromatic N) is 6. The van der Waals surface area contributed by atoms with Crippen molar-refractivity contribution < 1.29 is 0 Å². The Balaban J connectivity index is 1.56. The Bertz CT molecular complexity index is 1570. The Morgan fingerprint density at radius 1 is 1.16 bits per heavy atom. The Labute approximate surface area is 176 Å². The fourth-order valence-electron chi connectivity index (χ4n) is 4.52. The van der Waals surface area contributed by atoms with Crippen molar-refractivity contribution in [3.8, 4) is 11.9 Å². The molecule has 4 heterocycles. The third kappa shape index (κ3) is 2.67. The number of nitriles is 1. The van der Waals surface area contributed by atoms with E-state index in [2.05, 4.69) is 21.0 Å². The number of benzene rings is 1. The average molecular weight is 407 g/mol. The van der Waals surface area contributed by atoms with Gasteiger partial charge >= 0.3 is 5.69 Å². The van der Waals surface area contributed by atoms with E-state index in [9.17, 15) is 10.1 Å². The second-order valence-corrected chi connectivity index (χ2v) is 7.72. The molecule has 1 aromatic carbocycles. The fourth-order valence-corrected chi connectivity index (χ4v) is 4.52. The third-order valence-electron chi connectivity index (χ3n) is 5.96. The summed E-state index contributed by atoms with van der Waals surface area (Å²) in [7, 11) is 0. The summed E-state index contributed by atoms with van der Waals surface area (Å²) in [5.74, 6) is 0.639. The lowest BCUT2D eigenvalue weighted by Crippen LogP contribution is -2.27. The fraction of sp³-hybridized carbons (Fsp3) is 0.174. The molecule has 0 saturated heterocycles. The van der Waals surface area contributed by atoms with Gasteiger partial charge in [0.25, 0.3) is 0 Å². The van der Waals surface area contributed by atoms with Gasteiger partial charge in [0.1, 0.15) is 12.1 Å². The van der Waals surface area contributed by atoms with Gasteiger partial charge in [0.15, 0.2) is 5.65 Å². The zero-order valence-corrected chi connectivity index (χ0v) is 16.5. The van der Waals surface area contributed by atoms with Crippen LogP contribution >= 0.6 is 0 Å². The van der Waals surface area contributed by atoms with Crippen molar-refractivity contribution >= 4 is 22.2 Å². The molecule has 4 aromatic heterocycles. The molecule has 6 rings (SSSR count). The van der Waals surface area contributed by atoms with E-state index in [0.717, 1.165) is 41.6 Å². The molecule has 1 aliphatic rings. The van der Waals surface area contributed by atoms with Gasteiger partial charge in [0.05, 0.1) is 34.2 Å². The maximum atomic E-state index is 12.9. The molecule has 0 radical (unpaired) electrons. The smallest absolute Gasteiger partial charge is 0.304 e. The normalized spacial score (nSPS) is 15.8. The first-order valence-corrected chi connectivity index (χ1v) is 10.2. The van der Waals surface area contributed by atoms with E-state index in [0.29, 0.717) is 22.5 Å². The summed E-state index contributed by atoms with van der Waals surface area (Å²) in [6.07, 6.45) is 6.24. The van der Waals surface area contributed by atoms with Crippen LogP contribution in [0.5, 0.6) is 0 Å². The molecule has 0 aliphatic heterocycles. The molecule has 1 atom stereocenters. The van der Waals surface area contributed by atoms with Crippen LogP contribution in [0.3, 0.4) is 0 Å². The van der Waals surface area contributed by atoms with E-state index >= 15 is 0 Å². The third-order valence-corrected chi connectivity index (χ3v) is 5.96. The molecule has 8 heteroatoms. The van der Waals surface area contributed by atoms with Gasteiger partial charge in [0.2, 0.25) is 0 Å². The topological polar surface area (TPSA) is 105 Å². The molecule has 1 N–H and O–H groups in total. The number of imidazole rings is 2. The molecule has 0 spiro atoms. The molecular weight excluding hydrogens is 390 g/mol. The zero-order chi connectivity index (χ0) is 20.9. The van der Waals surface area contributed by atoms with Crippen molar-refractivity contribution in [3.63, 3.8) is 0 Å².